The number of carbonyl (C=O) groups excluding carboxylic acids is 1. The third-order valence-electron chi connectivity index (χ3n) is 3.77. The van der Waals surface area contributed by atoms with Crippen molar-refractivity contribution in [3.05, 3.63) is 53.6 Å². The highest BCUT2D eigenvalue weighted by Gasteiger charge is 2.28. The minimum absolute atomic E-state index is 0.0145. The Morgan fingerprint density at radius 2 is 1.86 bits per heavy atom. The first kappa shape index (κ1) is 14.3. The summed E-state index contributed by atoms with van der Waals surface area (Å²) in [4.78, 5) is 14.0. The third kappa shape index (κ3) is 2.70. The number of amides is 1. The van der Waals surface area contributed by atoms with Crippen molar-refractivity contribution in [2.24, 2.45) is 0 Å². The smallest absolute Gasteiger partial charge is 0.254 e. The van der Waals surface area contributed by atoms with Crippen LogP contribution < -0.4 is 15.2 Å². The number of nitrogen functional groups attached to an aromatic ring is 1. The second-order valence-corrected chi connectivity index (χ2v) is 5.12. The zero-order valence-electron chi connectivity index (χ0n) is 12.4. The molecule has 0 atom stereocenters. The van der Waals surface area contributed by atoms with Gasteiger partial charge < -0.3 is 20.1 Å². The van der Waals surface area contributed by atoms with E-state index in [9.17, 15) is 4.79 Å². The molecular weight excluding hydrogens is 280 g/mol. The van der Waals surface area contributed by atoms with Crippen molar-refractivity contribution in [2.45, 2.75) is 6.54 Å². The van der Waals surface area contributed by atoms with E-state index in [1.807, 2.05) is 42.5 Å². The molecule has 1 amide bonds. The van der Waals surface area contributed by atoms with Crippen molar-refractivity contribution in [3.63, 3.8) is 0 Å². The molecule has 114 valence electrons. The molecular formula is C17H18N2O3. The molecule has 3 rings (SSSR count). The number of nitrogens with two attached hydrogens (primary N) is 1. The molecule has 0 spiro atoms. The van der Waals surface area contributed by atoms with Gasteiger partial charge in [0, 0.05) is 23.4 Å². The van der Waals surface area contributed by atoms with Crippen LogP contribution in [0.15, 0.2) is 42.5 Å². The summed E-state index contributed by atoms with van der Waals surface area (Å²) in [7, 11) is 1.62. The highest BCUT2D eigenvalue weighted by Crippen LogP contribution is 2.27. The van der Waals surface area contributed by atoms with Crippen LogP contribution in [0.2, 0.25) is 0 Å². The highest BCUT2D eigenvalue weighted by atomic mass is 16.5. The molecule has 1 heterocycles. The van der Waals surface area contributed by atoms with Gasteiger partial charge in [0.05, 0.1) is 13.7 Å². The van der Waals surface area contributed by atoms with E-state index < -0.39 is 0 Å². The first-order valence-corrected chi connectivity index (χ1v) is 7.12. The van der Waals surface area contributed by atoms with Crippen LogP contribution in [-0.2, 0) is 6.54 Å². The minimum atomic E-state index is 0.0145. The molecule has 5 nitrogen and oxygen atoms in total. The number of fused-ring (bicyclic) bond motifs is 1. The maximum atomic E-state index is 12.3. The van der Waals surface area contributed by atoms with Gasteiger partial charge in [-0.3, -0.25) is 4.79 Å². The zero-order chi connectivity index (χ0) is 15.5. The van der Waals surface area contributed by atoms with E-state index in [1.54, 1.807) is 12.0 Å². The summed E-state index contributed by atoms with van der Waals surface area (Å²) in [6.07, 6.45) is 0. The average Bonchev–Trinajstić information content (AvgIpc) is 2.86. The predicted molar refractivity (Wildman–Crippen MR) is 84.1 cm³/mol. The number of hydrogen-bond acceptors (Lipinski definition) is 4. The van der Waals surface area contributed by atoms with Crippen LogP contribution in [0.5, 0.6) is 11.5 Å². The maximum absolute atomic E-state index is 12.3. The van der Waals surface area contributed by atoms with Gasteiger partial charge in [-0.1, -0.05) is 6.07 Å². The number of ether oxygens (including phenoxy) is 2. The number of rotatable bonds is 5. The number of benzene rings is 2. The second-order valence-electron chi connectivity index (χ2n) is 5.12. The van der Waals surface area contributed by atoms with Gasteiger partial charge in [0.1, 0.15) is 18.1 Å². The molecule has 0 radical (unpaired) electrons. The normalized spacial score (nSPS) is 13.1. The zero-order valence-corrected chi connectivity index (χ0v) is 12.4. The predicted octanol–water partition coefficient (Wildman–Crippen LogP) is 2.31. The van der Waals surface area contributed by atoms with E-state index >= 15 is 0 Å². The summed E-state index contributed by atoms with van der Waals surface area (Å²) in [5.74, 6) is 1.55. The lowest BCUT2D eigenvalue weighted by atomic mass is 10.1. The van der Waals surface area contributed by atoms with Crippen molar-refractivity contribution in [3.8, 4) is 11.5 Å². The van der Waals surface area contributed by atoms with Crippen LogP contribution in [0.3, 0.4) is 0 Å². The summed E-state index contributed by atoms with van der Waals surface area (Å²) in [6, 6.07) is 12.8. The van der Waals surface area contributed by atoms with Crippen molar-refractivity contribution >= 4 is 11.6 Å². The Labute approximate surface area is 129 Å². The molecule has 0 aliphatic carbocycles. The van der Waals surface area contributed by atoms with Crippen LogP contribution in [0.25, 0.3) is 0 Å². The Morgan fingerprint density at radius 1 is 1.14 bits per heavy atom. The van der Waals surface area contributed by atoms with Gasteiger partial charge in [0.25, 0.3) is 5.91 Å². The van der Waals surface area contributed by atoms with Crippen molar-refractivity contribution in [2.75, 3.05) is 26.0 Å². The summed E-state index contributed by atoms with van der Waals surface area (Å²) in [5, 5.41) is 0. The topological polar surface area (TPSA) is 64.8 Å². The Kier molecular flexibility index (Phi) is 3.87. The first-order valence-electron chi connectivity index (χ1n) is 7.12. The number of carbonyl (C=O) groups is 1. The van der Waals surface area contributed by atoms with Gasteiger partial charge in [-0.2, -0.15) is 0 Å². The molecule has 0 bridgehead atoms. The molecule has 2 N–H and O–H groups in total. The Bertz CT molecular complexity index is 683. The lowest BCUT2D eigenvalue weighted by molar-refractivity contribution is 0.0753. The highest BCUT2D eigenvalue weighted by molar-refractivity contribution is 5.99. The minimum Gasteiger partial charge on any atom is -0.497 e. The van der Waals surface area contributed by atoms with Crippen molar-refractivity contribution in [1.82, 2.24) is 4.90 Å². The van der Waals surface area contributed by atoms with Crippen LogP contribution >= 0.6 is 0 Å². The Balaban J connectivity index is 1.57. The quantitative estimate of drug-likeness (QED) is 0.860. The van der Waals surface area contributed by atoms with Crippen LogP contribution in [0, 0.1) is 0 Å². The molecule has 1 aliphatic rings. The molecule has 2 aromatic carbocycles. The molecule has 0 saturated carbocycles. The van der Waals surface area contributed by atoms with Crippen LogP contribution in [-0.4, -0.2) is 31.1 Å². The number of methoxy groups -OCH3 is 1. The molecule has 0 saturated heterocycles. The van der Waals surface area contributed by atoms with E-state index in [2.05, 4.69) is 0 Å². The van der Waals surface area contributed by atoms with Crippen LogP contribution in [0.1, 0.15) is 15.9 Å². The van der Waals surface area contributed by atoms with Crippen LogP contribution in [0.4, 0.5) is 5.69 Å². The van der Waals surface area contributed by atoms with Crippen molar-refractivity contribution in [1.29, 1.82) is 0 Å². The van der Waals surface area contributed by atoms with E-state index in [-0.39, 0.29) is 5.91 Å². The van der Waals surface area contributed by atoms with Gasteiger partial charge in [0.15, 0.2) is 0 Å². The molecule has 22 heavy (non-hydrogen) atoms. The standard InChI is InChI=1S/C17H18N2O3/c1-21-12-5-7-13(8-6-12)22-10-9-19-11-15-14(17(19)20)3-2-4-16(15)18/h2-8H,9-11,18H2,1H3. The van der Waals surface area contributed by atoms with E-state index in [0.717, 1.165) is 17.1 Å². The summed E-state index contributed by atoms with van der Waals surface area (Å²) >= 11 is 0. The van der Waals surface area contributed by atoms with Gasteiger partial charge in [0.2, 0.25) is 0 Å². The Morgan fingerprint density at radius 3 is 2.55 bits per heavy atom. The SMILES string of the molecule is COc1ccc(OCCN2Cc3c(N)cccc3C2=O)cc1. The number of anilines is 1. The van der Waals surface area contributed by atoms with E-state index in [0.29, 0.717) is 30.9 Å². The number of hydrogen-bond donors (Lipinski definition) is 1. The van der Waals surface area contributed by atoms with Gasteiger partial charge in [-0.05, 0) is 36.4 Å². The average molecular weight is 298 g/mol. The molecule has 5 heteroatoms. The monoisotopic (exact) mass is 298 g/mol. The van der Waals surface area contributed by atoms with Gasteiger partial charge in [-0.15, -0.1) is 0 Å². The second kappa shape index (κ2) is 5.97. The largest absolute Gasteiger partial charge is 0.497 e. The summed E-state index contributed by atoms with van der Waals surface area (Å²) in [5.41, 5.74) is 8.20. The fraction of sp³-hybridized carbons (Fsp3) is 0.235. The lowest BCUT2D eigenvalue weighted by Crippen LogP contribution is -2.28. The van der Waals surface area contributed by atoms with Gasteiger partial charge >= 0.3 is 0 Å². The number of nitrogens with zero attached hydrogens (tertiary/aromatic N) is 1. The van der Waals surface area contributed by atoms with Gasteiger partial charge in [-0.25, -0.2) is 0 Å². The molecule has 1 aliphatic heterocycles. The molecule has 0 unspecified atom stereocenters. The summed E-state index contributed by atoms with van der Waals surface area (Å²) < 4.78 is 10.8. The molecule has 2 aromatic rings. The lowest BCUT2D eigenvalue weighted by Gasteiger charge is -2.16. The Hall–Kier alpha value is -2.69. The fourth-order valence-corrected chi connectivity index (χ4v) is 2.54. The maximum Gasteiger partial charge on any atom is 0.254 e. The molecule has 0 aromatic heterocycles. The third-order valence-corrected chi connectivity index (χ3v) is 3.77. The molecule has 0 fully saturated rings. The summed E-state index contributed by atoms with van der Waals surface area (Å²) in [6.45, 7) is 1.51. The first-order chi connectivity index (χ1) is 10.7. The van der Waals surface area contributed by atoms with E-state index in [4.69, 9.17) is 15.2 Å². The van der Waals surface area contributed by atoms with Crippen molar-refractivity contribution < 1.29 is 14.3 Å². The van der Waals surface area contributed by atoms with E-state index in [1.165, 1.54) is 0 Å². The fourth-order valence-electron chi connectivity index (χ4n) is 2.54.